The average Bonchev–Trinajstić information content (AvgIpc) is 2.46. The maximum Gasteiger partial charge on any atom is 0.138 e. The van der Waals surface area contributed by atoms with Crippen LogP contribution in [0.5, 0.6) is 5.75 Å². The third kappa shape index (κ3) is 6.04. The Morgan fingerprint density at radius 3 is 2.52 bits per heavy atom. The SMILES string of the molecule is CCCCC(CC)C(NCC)c1cncc(OC(C)C)c1. The van der Waals surface area contributed by atoms with Gasteiger partial charge in [-0.2, -0.15) is 0 Å². The largest absolute Gasteiger partial charge is 0.489 e. The van der Waals surface area contributed by atoms with Gasteiger partial charge in [-0.1, -0.05) is 40.0 Å². The number of hydrogen-bond donors (Lipinski definition) is 1. The van der Waals surface area contributed by atoms with Gasteiger partial charge >= 0.3 is 0 Å². The molecule has 2 unspecified atom stereocenters. The van der Waals surface area contributed by atoms with Gasteiger partial charge in [-0.05, 0) is 44.4 Å². The number of nitrogens with zero attached hydrogens (tertiary/aromatic N) is 1. The molecule has 3 heteroatoms. The highest BCUT2D eigenvalue weighted by atomic mass is 16.5. The van der Waals surface area contributed by atoms with Gasteiger partial charge in [-0.3, -0.25) is 4.98 Å². The van der Waals surface area contributed by atoms with E-state index in [1.807, 2.05) is 20.0 Å². The van der Waals surface area contributed by atoms with Crippen molar-refractivity contribution in [1.82, 2.24) is 10.3 Å². The van der Waals surface area contributed by atoms with Crippen molar-refractivity contribution in [3.63, 3.8) is 0 Å². The molecule has 1 heterocycles. The summed E-state index contributed by atoms with van der Waals surface area (Å²) in [5, 5.41) is 3.64. The quantitative estimate of drug-likeness (QED) is 0.676. The molecule has 0 aromatic carbocycles. The van der Waals surface area contributed by atoms with Crippen LogP contribution in [0.4, 0.5) is 0 Å². The van der Waals surface area contributed by atoms with Gasteiger partial charge in [0.2, 0.25) is 0 Å². The third-order valence-electron chi connectivity index (χ3n) is 3.81. The summed E-state index contributed by atoms with van der Waals surface area (Å²) in [6.07, 6.45) is 8.96. The molecule has 0 aliphatic carbocycles. The number of rotatable bonds is 10. The first-order valence-electron chi connectivity index (χ1n) is 8.47. The Morgan fingerprint density at radius 1 is 1.19 bits per heavy atom. The van der Waals surface area contributed by atoms with Gasteiger partial charge in [0, 0.05) is 12.2 Å². The lowest BCUT2D eigenvalue weighted by Gasteiger charge is -2.27. The van der Waals surface area contributed by atoms with Crippen molar-refractivity contribution in [3.8, 4) is 5.75 Å². The van der Waals surface area contributed by atoms with Gasteiger partial charge in [0.1, 0.15) is 5.75 Å². The van der Waals surface area contributed by atoms with Crippen molar-refractivity contribution in [2.75, 3.05) is 6.54 Å². The monoisotopic (exact) mass is 292 g/mol. The molecule has 1 aromatic heterocycles. The fourth-order valence-electron chi connectivity index (χ4n) is 2.79. The first-order chi connectivity index (χ1) is 10.1. The summed E-state index contributed by atoms with van der Waals surface area (Å²) < 4.78 is 5.79. The van der Waals surface area contributed by atoms with Gasteiger partial charge in [0.15, 0.2) is 0 Å². The van der Waals surface area contributed by atoms with Crippen molar-refractivity contribution in [3.05, 3.63) is 24.0 Å². The molecule has 0 spiro atoms. The summed E-state index contributed by atoms with van der Waals surface area (Å²) in [4.78, 5) is 4.37. The molecule has 2 atom stereocenters. The second kappa shape index (κ2) is 9.78. The minimum atomic E-state index is 0.182. The van der Waals surface area contributed by atoms with Gasteiger partial charge in [0.05, 0.1) is 12.3 Å². The van der Waals surface area contributed by atoms with E-state index in [0.717, 1.165) is 12.3 Å². The molecule has 1 N–H and O–H groups in total. The molecular formula is C18H32N2O. The zero-order valence-electron chi connectivity index (χ0n) is 14.4. The third-order valence-corrected chi connectivity index (χ3v) is 3.81. The van der Waals surface area contributed by atoms with E-state index in [-0.39, 0.29) is 6.10 Å². The average molecular weight is 292 g/mol. The van der Waals surface area contributed by atoms with E-state index in [9.17, 15) is 0 Å². The van der Waals surface area contributed by atoms with Crippen molar-refractivity contribution < 1.29 is 4.74 Å². The van der Waals surface area contributed by atoms with Crippen LogP contribution >= 0.6 is 0 Å². The van der Waals surface area contributed by atoms with Crippen molar-refractivity contribution in [2.24, 2.45) is 5.92 Å². The number of nitrogens with one attached hydrogen (secondary N) is 1. The van der Waals surface area contributed by atoms with Crippen LogP contribution in [-0.4, -0.2) is 17.6 Å². The van der Waals surface area contributed by atoms with Crippen LogP contribution in [0.15, 0.2) is 18.5 Å². The second-order valence-electron chi connectivity index (χ2n) is 5.97. The van der Waals surface area contributed by atoms with Crippen LogP contribution in [0.2, 0.25) is 0 Å². The van der Waals surface area contributed by atoms with Crippen LogP contribution in [-0.2, 0) is 0 Å². The molecule has 0 saturated carbocycles. The first-order valence-corrected chi connectivity index (χ1v) is 8.47. The van der Waals surface area contributed by atoms with Crippen LogP contribution in [0.3, 0.4) is 0 Å². The highest BCUT2D eigenvalue weighted by Crippen LogP contribution is 2.30. The van der Waals surface area contributed by atoms with Gasteiger partial charge in [-0.15, -0.1) is 0 Å². The fourth-order valence-corrected chi connectivity index (χ4v) is 2.79. The fraction of sp³-hybridized carbons (Fsp3) is 0.722. The van der Waals surface area contributed by atoms with E-state index < -0.39 is 0 Å². The molecule has 0 saturated heterocycles. The molecule has 1 rings (SSSR count). The normalized spacial score (nSPS) is 14.2. The summed E-state index contributed by atoms with van der Waals surface area (Å²) in [6.45, 7) is 11.8. The van der Waals surface area contributed by atoms with Crippen LogP contribution in [0.1, 0.15) is 71.9 Å². The highest BCUT2D eigenvalue weighted by molar-refractivity contribution is 5.26. The van der Waals surface area contributed by atoms with E-state index in [2.05, 4.69) is 37.1 Å². The lowest BCUT2D eigenvalue weighted by Crippen LogP contribution is -2.28. The zero-order chi connectivity index (χ0) is 15.7. The summed E-state index contributed by atoms with van der Waals surface area (Å²) in [5.74, 6) is 1.52. The first kappa shape index (κ1) is 18.0. The number of ether oxygens (including phenoxy) is 1. The van der Waals surface area contributed by atoms with E-state index >= 15 is 0 Å². The minimum Gasteiger partial charge on any atom is -0.489 e. The number of aromatic nitrogens is 1. The molecule has 0 aliphatic heterocycles. The molecule has 120 valence electrons. The Bertz CT molecular complexity index is 393. The van der Waals surface area contributed by atoms with Crippen LogP contribution < -0.4 is 10.1 Å². The Kier molecular flexibility index (Phi) is 8.36. The lowest BCUT2D eigenvalue weighted by molar-refractivity contribution is 0.240. The Labute approximate surface area is 130 Å². The molecule has 1 aromatic rings. The second-order valence-corrected chi connectivity index (χ2v) is 5.97. The Hall–Kier alpha value is -1.09. The number of hydrogen-bond acceptors (Lipinski definition) is 3. The van der Waals surface area contributed by atoms with E-state index in [1.54, 1.807) is 6.20 Å². The van der Waals surface area contributed by atoms with Crippen LogP contribution in [0, 0.1) is 5.92 Å². The smallest absolute Gasteiger partial charge is 0.138 e. The number of pyridine rings is 1. The topological polar surface area (TPSA) is 34.2 Å². The molecule has 0 radical (unpaired) electrons. The Balaban J connectivity index is 2.92. The standard InChI is InChI=1S/C18H32N2O/c1-6-9-10-15(7-2)18(20-8-3)16-11-17(13-19-12-16)21-14(4)5/h11-15,18,20H,6-10H2,1-5H3. The highest BCUT2D eigenvalue weighted by Gasteiger charge is 2.21. The predicted molar refractivity (Wildman–Crippen MR) is 89.7 cm³/mol. The molecule has 3 nitrogen and oxygen atoms in total. The van der Waals surface area contributed by atoms with Gasteiger partial charge < -0.3 is 10.1 Å². The van der Waals surface area contributed by atoms with E-state index in [0.29, 0.717) is 12.0 Å². The zero-order valence-corrected chi connectivity index (χ0v) is 14.4. The van der Waals surface area contributed by atoms with E-state index in [1.165, 1.54) is 31.2 Å². The number of unbranched alkanes of at least 4 members (excludes halogenated alkanes) is 1. The maximum atomic E-state index is 5.79. The molecule has 0 aliphatic rings. The molecule has 0 bridgehead atoms. The van der Waals surface area contributed by atoms with Crippen molar-refractivity contribution >= 4 is 0 Å². The molecule has 0 fully saturated rings. The van der Waals surface area contributed by atoms with E-state index in [4.69, 9.17) is 4.74 Å². The molecule has 0 amide bonds. The van der Waals surface area contributed by atoms with Crippen molar-refractivity contribution in [2.45, 2.75) is 72.4 Å². The maximum absolute atomic E-state index is 5.79. The summed E-state index contributed by atoms with van der Waals surface area (Å²) in [7, 11) is 0. The minimum absolute atomic E-state index is 0.182. The summed E-state index contributed by atoms with van der Waals surface area (Å²) in [5.41, 5.74) is 1.25. The van der Waals surface area contributed by atoms with Crippen molar-refractivity contribution in [1.29, 1.82) is 0 Å². The van der Waals surface area contributed by atoms with Gasteiger partial charge in [-0.25, -0.2) is 0 Å². The molecule has 21 heavy (non-hydrogen) atoms. The summed E-state index contributed by atoms with van der Waals surface area (Å²) >= 11 is 0. The lowest BCUT2D eigenvalue weighted by atomic mass is 9.87. The predicted octanol–water partition coefficient (Wildman–Crippen LogP) is 4.74. The van der Waals surface area contributed by atoms with Gasteiger partial charge in [0.25, 0.3) is 0 Å². The van der Waals surface area contributed by atoms with Crippen LogP contribution in [0.25, 0.3) is 0 Å². The molecular weight excluding hydrogens is 260 g/mol. The Morgan fingerprint density at radius 2 is 1.95 bits per heavy atom. The summed E-state index contributed by atoms with van der Waals surface area (Å²) in [6, 6.07) is 2.52.